The molecule has 0 amide bonds. The van der Waals surface area contributed by atoms with Crippen molar-refractivity contribution in [1.29, 1.82) is 0 Å². The van der Waals surface area contributed by atoms with E-state index in [2.05, 4.69) is 4.98 Å². The van der Waals surface area contributed by atoms with Gasteiger partial charge in [0.1, 0.15) is 10.7 Å². The number of oxazole rings is 1. The molecule has 0 N–H and O–H groups in total. The molecule has 0 saturated carbocycles. The van der Waals surface area contributed by atoms with Crippen LogP contribution in [0.3, 0.4) is 0 Å². The zero-order chi connectivity index (χ0) is 17.2. The van der Waals surface area contributed by atoms with Crippen LogP contribution in [0, 0.1) is 5.82 Å². The third-order valence-electron chi connectivity index (χ3n) is 3.65. The molecule has 0 aliphatic carbocycles. The summed E-state index contributed by atoms with van der Waals surface area (Å²) in [5.41, 5.74) is 0.896. The highest BCUT2D eigenvalue weighted by molar-refractivity contribution is 7.20. The number of hydrogen-bond acceptors (Lipinski definition) is 5. The van der Waals surface area contributed by atoms with Gasteiger partial charge in [0.25, 0.3) is 0 Å². The van der Waals surface area contributed by atoms with Gasteiger partial charge in [-0.05, 0) is 18.2 Å². The molecule has 0 bridgehead atoms. The molecule has 0 atom stereocenters. The third-order valence-corrected chi connectivity index (χ3v) is 4.73. The first-order valence-corrected chi connectivity index (χ1v) is 8.37. The van der Waals surface area contributed by atoms with Crippen molar-refractivity contribution < 1.29 is 18.3 Å². The first kappa shape index (κ1) is 15.5. The molecule has 0 saturated heterocycles. The van der Waals surface area contributed by atoms with Gasteiger partial charge in [0.05, 0.1) is 6.20 Å². The zero-order valence-electron chi connectivity index (χ0n) is 12.9. The van der Waals surface area contributed by atoms with Crippen LogP contribution in [0.2, 0.25) is 0 Å². The second-order valence-corrected chi connectivity index (χ2v) is 6.41. The zero-order valence-corrected chi connectivity index (χ0v) is 13.8. The van der Waals surface area contributed by atoms with Gasteiger partial charge in [0.2, 0.25) is 5.89 Å². The van der Waals surface area contributed by atoms with Crippen LogP contribution in [-0.2, 0) is 11.3 Å². The summed E-state index contributed by atoms with van der Waals surface area (Å²) in [7, 11) is 0. The number of ether oxygens (including phenoxy) is 1. The molecule has 4 nitrogen and oxygen atoms in total. The number of carbonyl (C=O) groups excluding carboxylic acids is 1. The molecular formula is C19H12FNO3S. The molecule has 0 aliphatic rings. The second kappa shape index (κ2) is 6.49. The number of nitrogens with zero attached hydrogens (tertiary/aromatic N) is 1. The van der Waals surface area contributed by atoms with Gasteiger partial charge in [-0.15, -0.1) is 11.3 Å². The molecular weight excluding hydrogens is 341 g/mol. The molecule has 2 aromatic carbocycles. The van der Waals surface area contributed by atoms with E-state index in [1.165, 1.54) is 23.5 Å². The molecule has 2 aromatic heterocycles. The Hall–Kier alpha value is -2.99. The quantitative estimate of drug-likeness (QED) is 0.482. The normalized spacial score (nSPS) is 10.9. The Kier molecular flexibility index (Phi) is 4.03. The van der Waals surface area contributed by atoms with Gasteiger partial charge in [0, 0.05) is 15.6 Å². The van der Waals surface area contributed by atoms with Crippen molar-refractivity contribution in [1.82, 2.24) is 4.98 Å². The monoisotopic (exact) mass is 353 g/mol. The molecule has 0 spiro atoms. The Balaban J connectivity index is 1.46. The number of esters is 1. The van der Waals surface area contributed by atoms with Gasteiger partial charge in [-0.3, -0.25) is 0 Å². The lowest BCUT2D eigenvalue weighted by Gasteiger charge is -1.99. The fourth-order valence-corrected chi connectivity index (χ4v) is 3.41. The highest BCUT2D eigenvalue weighted by atomic mass is 32.1. The number of halogens is 1. The first-order valence-electron chi connectivity index (χ1n) is 7.56. The Morgan fingerprint density at radius 1 is 1.16 bits per heavy atom. The molecule has 124 valence electrons. The lowest BCUT2D eigenvalue weighted by Crippen LogP contribution is -2.03. The number of rotatable bonds is 4. The van der Waals surface area contributed by atoms with Crippen LogP contribution in [0.15, 0.2) is 65.2 Å². The van der Waals surface area contributed by atoms with Crippen LogP contribution >= 0.6 is 11.3 Å². The minimum absolute atomic E-state index is 0.0810. The van der Waals surface area contributed by atoms with E-state index in [1.807, 2.05) is 30.3 Å². The predicted octanol–water partition coefficient (Wildman–Crippen LogP) is 5.05. The smallest absolute Gasteiger partial charge is 0.348 e. The van der Waals surface area contributed by atoms with E-state index in [0.29, 0.717) is 26.6 Å². The van der Waals surface area contributed by atoms with E-state index in [4.69, 9.17) is 9.15 Å². The second-order valence-electron chi connectivity index (χ2n) is 5.32. The van der Waals surface area contributed by atoms with Gasteiger partial charge in [0.15, 0.2) is 12.4 Å². The van der Waals surface area contributed by atoms with Crippen molar-refractivity contribution in [3.8, 4) is 11.3 Å². The van der Waals surface area contributed by atoms with Gasteiger partial charge >= 0.3 is 5.97 Å². The number of benzene rings is 2. The average Bonchev–Trinajstić information content (AvgIpc) is 3.28. The molecule has 0 fully saturated rings. The molecule has 0 aliphatic heterocycles. The SMILES string of the molecule is O=C(OCc1ncc(-c2ccccc2)o1)c1cc2c(F)cccc2s1. The van der Waals surface area contributed by atoms with Gasteiger partial charge < -0.3 is 9.15 Å². The fraction of sp³-hybridized carbons (Fsp3) is 0.0526. The summed E-state index contributed by atoms with van der Waals surface area (Å²) < 4.78 is 25.2. The number of hydrogen-bond donors (Lipinski definition) is 0. The highest BCUT2D eigenvalue weighted by Crippen LogP contribution is 2.28. The largest absolute Gasteiger partial charge is 0.451 e. The summed E-state index contributed by atoms with van der Waals surface area (Å²) in [5.74, 6) is 0.0307. The van der Waals surface area contributed by atoms with Crippen LogP contribution in [0.1, 0.15) is 15.6 Å². The van der Waals surface area contributed by atoms with Crippen LogP contribution in [-0.4, -0.2) is 11.0 Å². The Morgan fingerprint density at radius 2 is 2.00 bits per heavy atom. The van der Waals surface area contributed by atoms with Crippen LogP contribution < -0.4 is 0 Å². The minimum atomic E-state index is -0.528. The number of aromatic nitrogens is 1. The first-order chi connectivity index (χ1) is 12.2. The van der Waals surface area contributed by atoms with E-state index >= 15 is 0 Å². The van der Waals surface area contributed by atoms with E-state index in [9.17, 15) is 9.18 Å². The average molecular weight is 353 g/mol. The van der Waals surface area contributed by atoms with Gasteiger partial charge in [-0.25, -0.2) is 14.2 Å². The molecule has 4 rings (SSSR count). The van der Waals surface area contributed by atoms with Crippen LogP contribution in [0.25, 0.3) is 21.4 Å². The molecule has 0 radical (unpaired) electrons. The van der Waals surface area contributed by atoms with Crippen molar-refractivity contribution in [2.75, 3.05) is 0 Å². The number of thiophene rings is 1. The van der Waals surface area contributed by atoms with Crippen molar-refractivity contribution in [3.05, 3.63) is 77.4 Å². The van der Waals surface area contributed by atoms with Gasteiger partial charge in [-0.2, -0.15) is 0 Å². The molecule has 25 heavy (non-hydrogen) atoms. The molecule has 2 heterocycles. The maximum absolute atomic E-state index is 13.7. The molecule has 6 heteroatoms. The lowest BCUT2D eigenvalue weighted by molar-refractivity contribution is 0.0445. The Bertz CT molecular complexity index is 1040. The molecule has 0 unspecified atom stereocenters. The minimum Gasteiger partial charge on any atom is -0.451 e. The third kappa shape index (κ3) is 3.16. The standard InChI is InChI=1S/C19H12FNO3S/c20-14-7-4-8-16-13(14)9-17(25-16)19(22)23-11-18-21-10-15(24-18)12-5-2-1-3-6-12/h1-10H,11H2. The summed E-state index contributed by atoms with van der Waals surface area (Å²) in [6.45, 7) is -0.0810. The number of fused-ring (bicyclic) bond motifs is 1. The predicted molar refractivity (Wildman–Crippen MR) is 92.8 cm³/mol. The fourth-order valence-electron chi connectivity index (χ4n) is 2.44. The lowest BCUT2D eigenvalue weighted by atomic mass is 10.2. The van der Waals surface area contributed by atoms with E-state index in [1.54, 1.807) is 18.3 Å². The summed E-state index contributed by atoms with van der Waals surface area (Å²) in [6, 6.07) is 15.8. The Morgan fingerprint density at radius 3 is 2.80 bits per heavy atom. The summed E-state index contributed by atoms with van der Waals surface area (Å²) >= 11 is 1.19. The summed E-state index contributed by atoms with van der Waals surface area (Å²) in [5, 5.41) is 0.418. The highest BCUT2D eigenvalue weighted by Gasteiger charge is 2.15. The Labute approximate surface area is 146 Å². The van der Waals surface area contributed by atoms with Crippen LogP contribution in [0.4, 0.5) is 4.39 Å². The topological polar surface area (TPSA) is 52.3 Å². The van der Waals surface area contributed by atoms with Crippen molar-refractivity contribution in [2.24, 2.45) is 0 Å². The van der Waals surface area contributed by atoms with E-state index in [0.717, 1.165) is 5.56 Å². The summed E-state index contributed by atoms with van der Waals surface area (Å²) in [6.07, 6.45) is 1.59. The van der Waals surface area contributed by atoms with Gasteiger partial charge in [-0.1, -0.05) is 36.4 Å². The van der Waals surface area contributed by atoms with E-state index < -0.39 is 5.97 Å². The van der Waals surface area contributed by atoms with Crippen molar-refractivity contribution >= 4 is 27.4 Å². The number of carbonyl (C=O) groups is 1. The summed E-state index contributed by atoms with van der Waals surface area (Å²) in [4.78, 5) is 16.6. The molecule has 4 aromatic rings. The van der Waals surface area contributed by atoms with Crippen molar-refractivity contribution in [2.45, 2.75) is 6.61 Å². The maximum atomic E-state index is 13.7. The maximum Gasteiger partial charge on any atom is 0.348 e. The van der Waals surface area contributed by atoms with Crippen molar-refractivity contribution in [3.63, 3.8) is 0 Å². The van der Waals surface area contributed by atoms with Crippen LogP contribution in [0.5, 0.6) is 0 Å². The van der Waals surface area contributed by atoms with E-state index in [-0.39, 0.29) is 12.4 Å².